The van der Waals surface area contributed by atoms with Gasteiger partial charge in [-0.25, -0.2) is 4.68 Å². The molecule has 0 spiro atoms. The van der Waals surface area contributed by atoms with Crippen LogP contribution in [0.25, 0.3) is 0 Å². The van der Waals surface area contributed by atoms with E-state index < -0.39 is 0 Å². The second-order valence-corrected chi connectivity index (χ2v) is 5.00. The van der Waals surface area contributed by atoms with Crippen LogP contribution in [0.15, 0.2) is 0 Å². The van der Waals surface area contributed by atoms with Crippen LogP contribution in [0.1, 0.15) is 69.3 Å². The van der Waals surface area contributed by atoms with Gasteiger partial charge in [-0.15, -0.1) is 5.10 Å². The van der Waals surface area contributed by atoms with Crippen LogP contribution in [0, 0.1) is 0 Å². The zero-order chi connectivity index (χ0) is 11.5. The Morgan fingerprint density at radius 2 is 2.00 bits per heavy atom. The Morgan fingerprint density at radius 1 is 1.31 bits per heavy atom. The van der Waals surface area contributed by atoms with Crippen LogP contribution in [0.3, 0.4) is 0 Å². The Balaban J connectivity index is 2.25. The van der Waals surface area contributed by atoms with Crippen molar-refractivity contribution in [2.75, 3.05) is 0 Å². The van der Waals surface area contributed by atoms with Gasteiger partial charge in [-0.3, -0.25) is 0 Å². The average molecular weight is 222 g/mol. The zero-order valence-electron chi connectivity index (χ0n) is 10.3. The summed E-state index contributed by atoms with van der Waals surface area (Å²) in [6.07, 6.45) is 6.52. The SMILES string of the molecule is CC(C)n1nnc(C2CCCCC2)c1CN. The molecule has 0 aliphatic heterocycles. The lowest BCUT2D eigenvalue weighted by atomic mass is 9.86. The Morgan fingerprint density at radius 3 is 2.56 bits per heavy atom. The van der Waals surface area contributed by atoms with Gasteiger partial charge in [0.25, 0.3) is 0 Å². The summed E-state index contributed by atoms with van der Waals surface area (Å²) >= 11 is 0. The summed E-state index contributed by atoms with van der Waals surface area (Å²) in [5.74, 6) is 0.597. The van der Waals surface area contributed by atoms with Crippen molar-refractivity contribution in [3.63, 3.8) is 0 Å². The smallest absolute Gasteiger partial charge is 0.0903 e. The summed E-state index contributed by atoms with van der Waals surface area (Å²) in [5.41, 5.74) is 8.14. The molecule has 1 aromatic rings. The summed E-state index contributed by atoms with van der Waals surface area (Å²) < 4.78 is 1.98. The first-order valence-electron chi connectivity index (χ1n) is 6.38. The molecule has 1 aliphatic carbocycles. The lowest BCUT2D eigenvalue weighted by Gasteiger charge is -2.20. The van der Waals surface area contributed by atoms with E-state index in [1.807, 2.05) is 4.68 Å². The molecule has 2 rings (SSSR count). The molecule has 1 aromatic heterocycles. The van der Waals surface area contributed by atoms with Crippen molar-refractivity contribution in [2.24, 2.45) is 5.73 Å². The van der Waals surface area contributed by atoms with E-state index in [0.717, 1.165) is 11.4 Å². The normalized spacial score (nSPS) is 18.2. The molecule has 0 unspecified atom stereocenters. The number of aromatic nitrogens is 3. The fourth-order valence-electron chi connectivity index (χ4n) is 2.63. The van der Waals surface area contributed by atoms with Crippen LogP contribution >= 0.6 is 0 Å². The van der Waals surface area contributed by atoms with Gasteiger partial charge in [0.1, 0.15) is 0 Å². The predicted octanol–water partition coefficient (Wildman–Crippen LogP) is 2.37. The number of hydrogen-bond donors (Lipinski definition) is 1. The van der Waals surface area contributed by atoms with Crippen LogP contribution in [-0.2, 0) is 6.54 Å². The Kier molecular flexibility index (Phi) is 3.59. The van der Waals surface area contributed by atoms with Gasteiger partial charge in [0.15, 0.2) is 0 Å². The fourth-order valence-corrected chi connectivity index (χ4v) is 2.63. The first-order chi connectivity index (χ1) is 7.74. The third-order valence-electron chi connectivity index (χ3n) is 3.50. The van der Waals surface area contributed by atoms with E-state index in [0.29, 0.717) is 18.5 Å². The molecular weight excluding hydrogens is 200 g/mol. The maximum Gasteiger partial charge on any atom is 0.0903 e. The largest absolute Gasteiger partial charge is 0.325 e. The number of hydrogen-bond acceptors (Lipinski definition) is 3. The lowest BCUT2D eigenvalue weighted by Crippen LogP contribution is -2.14. The maximum atomic E-state index is 5.84. The van der Waals surface area contributed by atoms with Gasteiger partial charge in [-0.05, 0) is 26.7 Å². The first kappa shape index (κ1) is 11.6. The number of nitrogens with zero attached hydrogens (tertiary/aromatic N) is 3. The molecule has 1 heterocycles. The van der Waals surface area contributed by atoms with Crippen LogP contribution < -0.4 is 5.73 Å². The lowest BCUT2D eigenvalue weighted by molar-refractivity contribution is 0.433. The molecule has 0 atom stereocenters. The molecule has 0 amide bonds. The topological polar surface area (TPSA) is 56.7 Å². The summed E-state index contributed by atoms with van der Waals surface area (Å²) in [5, 5.41) is 8.61. The van der Waals surface area contributed by atoms with Gasteiger partial charge in [0.05, 0.1) is 11.4 Å². The van der Waals surface area contributed by atoms with Gasteiger partial charge in [-0.2, -0.15) is 0 Å². The molecule has 0 aromatic carbocycles. The van der Waals surface area contributed by atoms with Gasteiger partial charge in [0.2, 0.25) is 0 Å². The van der Waals surface area contributed by atoms with Crippen molar-refractivity contribution in [3.05, 3.63) is 11.4 Å². The first-order valence-corrected chi connectivity index (χ1v) is 6.38. The number of nitrogens with two attached hydrogens (primary N) is 1. The van der Waals surface area contributed by atoms with E-state index in [4.69, 9.17) is 5.73 Å². The molecule has 4 nitrogen and oxygen atoms in total. The van der Waals surface area contributed by atoms with Gasteiger partial charge < -0.3 is 5.73 Å². The van der Waals surface area contributed by atoms with E-state index in [-0.39, 0.29) is 0 Å². The van der Waals surface area contributed by atoms with Crippen LogP contribution in [0.4, 0.5) is 0 Å². The third kappa shape index (κ3) is 2.12. The van der Waals surface area contributed by atoms with Crippen molar-refractivity contribution < 1.29 is 0 Å². The third-order valence-corrected chi connectivity index (χ3v) is 3.50. The van der Waals surface area contributed by atoms with Crippen molar-refractivity contribution in [3.8, 4) is 0 Å². The molecule has 0 saturated heterocycles. The van der Waals surface area contributed by atoms with E-state index in [9.17, 15) is 0 Å². The summed E-state index contributed by atoms with van der Waals surface area (Å²) in [6.45, 7) is 4.80. The van der Waals surface area contributed by atoms with Crippen LogP contribution in [0.5, 0.6) is 0 Å². The van der Waals surface area contributed by atoms with Crippen molar-refractivity contribution in [1.82, 2.24) is 15.0 Å². The highest BCUT2D eigenvalue weighted by Crippen LogP contribution is 2.33. The van der Waals surface area contributed by atoms with Crippen LogP contribution in [0.2, 0.25) is 0 Å². The Bertz CT molecular complexity index is 337. The van der Waals surface area contributed by atoms with Gasteiger partial charge >= 0.3 is 0 Å². The van der Waals surface area contributed by atoms with Crippen molar-refractivity contribution >= 4 is 0 Å². The van der Waals surface area contributed by atoms with E-state index >= 15 is 0 Å². The zero-order valence-corrected chi connectivity index (χ0v) is 10.3. The minimum atomic E-state index is 0.350. The predicted molar refractivity (Wildman–Crippen MR) is 64.1 cm³/mol. The van der Waals surface area contributed by atoms with Gasteiger partial charge in [0, 0.05) is 18.5 Å². The number of rotatable bonds is 3. The molecule has 0 bridgehead atoms. The molecule has 0 radical (unpaired) electrons. The molecule has 1 aliphatic rings. The van der Waals surface area contributed by atoms with E-state index in [2.05, 4.69) is 24.2 Å². The highest BCUT2D eigenvalue weighted by molar-refractivity contribution is 5.16. The molecule has 1 fully saturated rings. The van der Waals surface area contributed by atoms with Gasteiger partial charge in [-0.1, -0.05) is 24.5 Å². The fraction of sp³-hybridized carbons (Fsp3) is 0.833. The maximum absolute atomic E-state index is 5.84. The second kappa shape index (κ2) is 4.95. The highest BCUT2D eigenvalue weighted by atomic mass is 15.4. The van der Waals surface area contributed by atoms with Crippen molar-refractivity contribution in [2.45, 2.75) is 64.5 Å². The molecule has 4 heteroatoms. The summed E-state index contributed by atoms with van der Waals surface area (Å²) in [4.78, 5) is 0. The molecular formula is C12H22N4. The molecule has 2 N–H and O–H groups in total. The second-order valence-electron chi connectivity index (χ2n) is 5.00. The molecule has 16 heavy (non-hydrogen) atoms. The average Bonchev–Trinajstić information content (AvgIpc) is 2.73. The molecule has 90 valence electrons. The Labute approximate surface area is 97.2 Å². The van der Waals surface area contributed by atoms with E-state index in [1.54, 1.807) is 0 Å². The van der Waals surface area contributed by atoms with E-state index in [1.165, 1.54) is 32.1 Å². The summed E-state index contributed by atoms with van der Waals surface area (Å²) in [6, 6.07) is 0.350. The highest BCUT2D eigenvalue weighted by Gasteiger charge is 2.23. The molecule has 1 saturated carbocycles. The quantitative estimate of drug-likeness (QED) is 0.854. The Hall–Kier alpha value is -0.900. The van der Waals surface area contributed by atoms with Crippen molar-refractivity contribution in [1.29, 1.82) is 0 Å². The minimum Gasteiger partial charge on any atom is -0.325 e. The van der Waals surface area contributed by atoms with Crippen LogP contribution in [-0.4, -0.2) is 15.0 Å². The summed E-state index contributed by atoms with van der Waals surface area (Å²) in [7, 11) is 0. The monoisotopic (exact) mass is 222 g/mol. The standard InChI is InChI=1S/C12H22N4/c1-9(2)16-11(8-13)12(14-15-16)10-6-4-3-5-7-10/h9-10H,3-8,13H2,1-2H3. The minimum absolute atomic E-state index is 0.350.